The lowest BCUT2D eigenvalue weighted by atomic mass is 10.1. The van der Waals surface area contributed by atoms with Crippen LogP contribution >= 0.6 is 0 Å². The van der Waals surface area contributed by atoms with Gasteiger partial charge in [-0.05, 0) is 38.5 Å². The highest BCUT2D eigenvalue weighted by molar-refractivity contribution is 5.97. The third-order valence-electron chi connectivity index (χ3n) is 4.16. The molecule has 0 saturated heterocycles. The minimum atomic E-state index is -0.943. The molecule has 1 aromatic heterocycles. The highest BCUT2D eigenvalue weighted by Gasteiger charge is 2.21. The van der Waals surface area contributed by atoms with E-state index in [1.54, 1.807) is 6.07 Å². The number of aromatic nitrogens is 2. The number of hydrogen-bond acceptors (Lipinski definition) is 4. The first-order valence-corrected chi connectivity index (χ1v) is 8.64. The summed E-state index contributed by atoms with van der Waals surface area (Å²) < 4.78 is 5.26. The number of carbonyl (C=O) groups is 2. The van der Waals surface area contributed by atoms with Crippen molar-refractivity contribution in [2.75, 3.05) is 5.32 Å². The molecule has 2 N–H and O–H groups in total. The van der Waals surface area contributed by atoms with Crippen LogP contribution in [0.1, 0.15) is 28.5 Å². The number of benzene rings is 2. The third-order valence-corrected chi connectivity index (χ3v) is 4.16. The van der Waals surface area contributed by atoms with E-state index in [-0.39, 0.29) is 5.69 Å². The molecular formula is C21H21N3O3. The number of ether oxygens (including phenoxy) is 1. The zero-order valence-corrected chi connectivity index (χ0v) is 15.4. The third kappa shape index (κ3) is 4.41. The Morgan fingerprint density at radius 1 is 1.07 bits per heavy atom. The smallest absolute Gasteiger partial charge is 0.357 e. The van der Waals surface area contributed by atoms with Crippen LogP contribution in [0.2, 0.25) is 0 Å². The Bertz CT molecular complexity index is 964. The zero-order chi connectivity index (χ0) is 19.4. The van der Waals surface area contributed by atoms with E-state index < -0.39 is 18.0 Å². The molecule has 0 saturated carbocycles. The van der Waals surface area contributed by atoms with Gasteiger partial charge in [0, 0.05) is 11.3 Å². The van der Waals surface area contributed by atoms with Crippen molar-refractivity contribution in [2.24, 2.45) is 0 Å². The van der Waals surface area contributed by atoms with E-state index in [1.165, 1.54) is 6.92 Å². The Morgan fingerprint density at radius 2 is 1.81 bits per heavy atom. The molecular weight excluding hydrogens is 342 g/mol. The molecule has 6 heteroatoms. The van der Waals surface area contributed by atoms with Gasteiger partial charge in [0.2, 0.25) is 0 Å². The second kappa shape index (κ2) is 7.86. The van der Waals surface area contributed by atoms with Gasteiger partial charge in [0.15, 0.2) is 6.10 Å². The van der Waals surface area contributed by atoms with Crippen LogP contribution in [0, 0.1) is 13.8 Å². The summed E-state index contributed by atoms with van der Waals surface area (Å²) in [4.78, 5) is 24.6. The first-order chi connectivity index (χ1) is 12.9. The largest absolute Gasteiger partial charge is 0.448 e. The average Bonchev–Trinajstić information content (AvgIpc) is 3.15. The molecule has 1 atom stereocenters. The standard InChI is InChI=1S/C21H21N3O3/c1-13-9-10-17(14(2)11-13)22-20(25)15(3)27-21(26)19-12-18(23-24-19)16-7-5-4-6-8-16/h4-12,15H,1-3H3,(H,22,25)(H,23,24)/t15-/m0/s1. The lowest BCUT2D eigenvalue weighted by molar-refractivity contribution is -0.123. The number of carbonyl (C=O) groups excluding carboxylic acids is 2. The van der Waals surface area contributed by atoms with Gasteiger partial charge in [0.25, 0.3) is 5.91 Å². The van der Waals surface area contributed by atoms with Crippen molar-refractivity contribution in [3.8, 4) is 11.3 Å². The van der Waals surface area contributed by atoms with Crippen LogP contribution in [0.25, 0.3) is 11.3 Å². The molecule has 2 aromatic carbocycles. The molecule has 3 aromatic rings. The van der Waals surface area contributed by atoms with Crippen molar-refractivity contribution >= 4 is 17.6 Å². The lowest BCUT2D eigenvalue weighted by Gasteiger charge is -2.14. The Hall–Kier alpha value is -3.41. The minimum Gasteiger partial charge on any atom is -0.448 e. The van der Waals surface area contributed by atoms with Crippen molar-refractivity contribution in [3.05, 3.63) is 71.4 Å². The maximum absolute atomic E-state index is 12.3. The highest BCUT2D eigenvalue weighted by Crippen LogP contribution is 2.19. The number of aromatic amines is 1. The number of anilines is 1. The Balaban J connectivity index is 1.63. The molecule has 0 aliphatic carbocycles. The molecule has 1 amide bonds. The summed E-state index contributed by atoms with van der Waals surface area (Å²) >= 11 is 0. The summed E-state index contributed by atoms with van der Waals surface area (Å²) in [7, 11) is 0. The van der Waals surface area contributed by atoms with E-state index >= 15 is 0 Å². The predicted octanol–water partition coefficient (Wildman–Crippen LogP) is 3.88. The Morgan fingerprint density at radius 3 is 2.52 bits per heavy atom. The molecule has 27 heavy (non-hydrogen) atoms. The van der Waals surface area contributed by atoms with E-state index in [0.29, 0.717) is 11.4 Å². The summed E-state index contributed by atoms with van der Waals surface area (Å²) in [6.07, 6.45) is -0.943. The molecule has 0 fully saturated rings. The molecule has 0 aliphatic heterocycles. The fourth-order valence-corrected chi connectivity index (χ4v) is 2.65. The number of H-pyrrole nitrogens is 1. The van der Waals surface area contributed by atoms with Crippen molar-refractivity contribution in [3.63, 3.8) is 0 Å². The van der Waals surface area contributed by atoms with Gasteiger partial charge in [0.05, 0.1) is 5.69 Å². The molecule has 0 aliphatic rings. The number of nitrogens with one attached hydrogen (secondary N) is 2. The molecule has 0 unspecified atom stereocenters. The van der Waals surface area contributed by atoms with Crippen LogP contribution < -0.4 is 5.32 Å². The van der Waals surface area contributed by atoms with E-state index in [1.807, 2.05) is 62.4 Å². The number of rotatable bonds is 5. The fourth-order valence-electron chi connectivity index (χ4n) is 2.65. The van der Waals surface area contributed by atoms with E-state index in [0.717, 1.165) is 16.7 Å². The molecule has 6 nitrogen and oxygen atoms in total. The van der Waals surface area contributed by atoms with E-state index in [9.17, 15) is 9.59 Å². The molecule has 0 bridgehead atoms. The van der Waals surface area contributed by atoms with Crippen LogP contribution in [-0.2, 0) is 9.53 Å². The number of nitrogens with zero attached hydrogens (tertiary/aromatic N) is 1. The summed E-state index contributed by atoms with van der Waals surface area (Å²) in [6, 6.07) is 16.8. The predicted molar refractivity (Wildman–Crippen MR) is 103 cm³/mol. The van der Waals surface area contributed by atoms with Gasteiger partial charge in [-0.25, -0.2) is 4.79 Å². The average molecular weight is 363 g/mol. The van der Waals surface area contributed by atoms with Crippen LogP contribution in [0.15, 0.2) is 54.6 Å². The second-order valence-electron chi connectivity index (χ2n) is 6.39. The zero-order valence-electron chi connectivity index (χ0n) is 15.4. The number of amides is 1. The van der Waals surface area contributed by atoms with Crippen LogP contribution in [0.5, 0.6) is 0 Å². The fraction of sp³-hybridized carbons (Fsp3) is 0.190. The monoisotopic (exact) mass is 363 g/mol. The Kier molecular flexibility index (Phi) is 5.35. The van der Waals surface area contributed by atoms with Crippen LogP contribution in [0.3, 0.4) is 0 Å². The van der Waals surface area contributed by atoms with Crippen molar-refractivity contribution in [1.82, 2.24) is 10.2 Å². The Labute approximate surface area is 157 Å². The topological polar surface area (TPSA) is 84.1 Å². The van der Waals surface area contributed by atoms with Gasteiger partial charge in [-0.15, -0.1) is 0 Å². The van der Waals surface area contributed by atoms with E-state index in [4.69, 9.17) is 4.74 Å². The lowest BCUT2D eigenvalue weighted by Crippen LogP contribution is -2.30. The van der Waals surface area contributed by atoms with Gasteiger partial charge in [0.1, 0.15) is 5.69 Å². The van der Waals surface area contributed by atoms with Crippen molar-refractivity contribution in [1.29, 1.82) is 0 Å². The van der Waals surface area contributed by atoms with Crippen molar-refractivity contribution < 1.29 is 14.3 Å². The SMILES string of the molecule is Cc1ccc(NC(=O)[C@H](C)OC(=O)c2cc(-c3ccccc3)n[nH]2)c(C)c1. The second-order valence-corrected chi connectivity index (χ2v) is 6.39. The van der Waals surface area contributed by atoms with Gasteiger partial charge in [-0.1, -0.05) is 48.0 Å². The summed E-state index contributed by atoms with van der Waals surface area (Å²) in [6.45, 7) is 5.43. The quantitative estimate of drug-likeness (QED) is 0.674. The maximum atomic E-state index is 12.3. The number of esters is 1. The maximum Gasteiger partial charge on any atom is 0.357 e. The molecule has 0 spiro atoms. The minimum absolute atomic E-state index is 0.194. The molecule has 3 rings (SSSR count). The van der Waals surface area contributed by atoms with Gasteiger partial charge in [-0.2, -0.15) is 5.10 Å². The van der Waals surface area contributed by atoms with Gasteiger partial charge in [-0.3, -0.25) is 9.89 Å². The van der Waals surface area contributed by atoms with Crippen molar-refractivity contribution in [2.45, 2.75) is 26.9 Å². The molecule has 138 valence electrons. The molecule has 1 heterocycles. The summed E-state index contributed by atoms with van der Waals surface area (Å²) in [5, 5.41) is 9.56. The first-order valence-electron chi connectivity index (χ1n) is 8.64. The van der Waals surface area contributed by atoms with Crippen LogP contribution in [0.4, 0.5) is 5.69 Å². The normalized spacial score (nSPS) is 11.7. The number of hydrogen-bond donors (Lipinski definition) is 2. The van der Waals surface area contributed by atoms with Gasteiger partial charge >= 0.3 is 5.97 Å². The molecule has 0 radical (unpaired) electrons. The highest BCUT2D eigenvalue weighted by atomic mass is 16.5. The summed E-state index contributed by atoms with van der Waals surface area (Å²) in [5.41, 5.74) is 4.46. The first kappa shape index (κ1) is 18.4. The van der Waals surface area contributed by atoms with E-state index in [2.05, 4.69) is 15.5 Å². The summed E-state index contributed by atoms with van der Waals surface area (Å²) in [5.74, 6) is -1.02. The number of aryl methyl sites for hydroxylation is 2. The van der Waals surface area contributed by atoms with Gasteiger partial charge < -0.3 is 10.1 Å². The van der Waals surface area contributed by atoms with Crippen LogP contribution in [-0.4, -0.2) is 28.2 Å².